The highest BCUT2D eigenvalue weighted by Gasteiger charge is 2.14. The van der Waals surface area contributed by atoms with Crippen molar-refractivity contribution in [3.8, 4) is 0 Å². The number of aromatic nitrogens is 1. The van der Waals surface area contributed by atoms with Gasteiger partial charge in [-0.25, -0.2) is 13.4 Å². The normalized spacial score (nSPS) is 11.0. The molecule has 0 radical (unpaired) electrons. The number of carbonyl (C=O) groups excluding carboxylic acids is 1. The van der Waals surface area contributed by atoms with Crippen LogP contribution >= 0.6 is 0 Å². The first kappa shape index (κ1) is 18.6. The van der Waals surface area contributed by atoms with E-state index in [1.807, 2.05) is 6.92 Å². The summed E-state index contributed by atoms with van der Waals surface area (Å²) in [5.74, 6) is 0.564. The Bertz CT molecular complexity index is 1040. The molecule has 2 aromatic carbocycles. The van der Waals surface area contributed by atoms with Gasteiger partial charge in [-0.2, -0.15) is 0 Å². The zero-order chi connectivity index (χ0) is 19.4. The Kier molecular flexibility index (Phi) is 5.23. The van der Waals surface area contributed by atoms with Crippen LogP contribution in [0, 0.1) is 6.92 Å². The zero-order valence-electron chi connectivity index (χ0n) is 14.9. The fourth-order valence-electron chi connectivity index (χ4n) is 2.40. The lowest BCUT2D eigenvalue weighted by Gasteiger charge is -2.10. The zero-order valence-corrected chi connectivity index (χ0v) is 15.7. The van der Waals surface area contributed by atoms with Gasteiger partial charge >= 0.3 is 0 Å². The maximum absolute atomic E-state index is 12.4. The first-order chi connectivity index (χ1) is 12.8. The van der Waals surface area contributed by atoms with Crippen LogP contribution in [0.25, 0.3) is 0 Å². The highest BCUT2D eigenvalue weighted by Crippen LogP contribution is 2.19. The topological polar surface area (TPSA) is 88.2 Å². The number of sulfonamides is 1. The molecule has 0 fully saturated rings. The molecule has 0 amide bonds. The maximum Gasteiger partial charge on any atom is 0.261 e. The molecule has 7 heteroatoms. The number of ketones is 1. The summed E-state index contributed by atoms with van der Waals surface area (Å²) < 4.78 is 27.3. The fraction of sp³-hybridized carbons (Fsp3) is 0.100. The Labute approximate surface area is 158 Å². The fourth-order valence-corrected chi connectivity index (χ4v) is 3.44. The SMILES string of the molecule is CC(=O)c1ccc(Nc2ccc(NS(=O)(=O)c3ccc(C)cc3)cn2)cc1. The van der Waals surface area contributed by atoms with Crippen LogP contribution in [0.4, 0.5) is 17.2 Å². The average molecular weight is 381 g/mol. The molecule has 3 aromatic rings. The van der Waals surface area contributed by atoms with Crippen molar-refractivity contribution in [2.75, 3.05) is 10.0 Å². The van der Waals surface area contributed by atoms with Gasteiger partial charge in [0.1, 0.15) is 5.82 Å². The summed E-state index contributed by atoms with van der Waals surface area (Å²) in [6.07, 6.45) is 1.44. The van der Waals surface area contributed by atoms with Crippen LogP contribution in [0.3, 0.4) is 0 Å². The number of carbonyl (C=O) groups is 1. The molecule has 138 valence electrons. The number of benzene rings is 2. The largest absolute Gasteiger partial charge is 0.340 e. The van der Waals surface area contributed by atoms with E-state index in [1.54, 1.807) is 60.7 Å². The number of Topliss-reactive ketones (excluding diaryl/α,β-unsaturated/α-hetero) is 1. The summed E-state index contributed by atoms with van der Waals surface area (Å²) in [4.78, 5) is 15.7. The molecule has 1 heterocycles. The summed E-state index contributed by atoms with van der Waals surface area (Å²) in [5, 5.41) is 3.10. The number of pyridine rings is 1. The minimum Gasteiger partial charge on any atom is -0.340 e. The number of hydrogen-bond donors (Lipinski definition) is 2. The second-order valence-corrected chi connectivity index (χ2v) is 7.79. The molecule has 0 saturated carbocycles. The number of aryl methyl sites for hydroxylation is 1. The van der Waals surface area contributed by atoms with Crippen molar-refractivity contribution in [2.45, 2.75) is 18.7 Å². The van der Waals surface area contributed by atoms with Crippen LogP contribution in [-0.4, -0.2) is 19.2 Å². The van der Waals surface area contributed by atoms with Gasteiger partial charge in [-0.15, -0.1) is 0 Å². The highest BCUT2D eigenvalue weighted by molar-refractivity contribution is 7.92. The predicted octanol–water partition coefficient (Wildman–Crippen LogP) is 4.14. The van der Waals surface area contributed by atoms with Crippen LogP contribution in [-0.2, 0) is 10.0 Å². The van der Waals surface area contributed by atoms with Gasteiger partial charge in [-0.3, -0.25) is 9.52 Å². The van der Waals surface area contributed by atoms with Crippen molar-refractivity contribution in [1.82, 2.24) is 4.98 Å². The lowest BCUT2D eigenvalue weighted by Crippen LogP contribution is -2.13. The lowest BCUT2D eigenvalue weighted by molar-refractivity contribution is 0.101. The molecule has 0 aliphatic heterocycles. The van der Waals surface area contributed by atoms with Crippen LogP contribution in [0.2, 0.25) is 0 Å². The van der Waals surface area contributed by atoms with Crippen molar-refractivity contribution in [3.63, 3.8) is 0 Å². The Morgan fingerprint density at radius 2 is 1.52 bits per heavy atom. The minimum atomic E-state index is -3.66. The molecule has 6 nitrogen and oxygen atoms in total. The van der Waals surface area contributed by atoms with Crippen LogP contribution in [0.5, 0.6) is 0 Å². The predicted molar refractivity (Wildman–Crippen MR) is 106 cm³/mol. The van der Waals surface area contributed by atoms with E-state index in [4.69, 9.17) is 0 Å². The summed E-state index contributed by atoms with van der Waals surface area (Å²) >= 11 is 0. The average Bonchev–Trinajstić information content (AvgIpc) is 2.64. The van der Waals surface area contributed by atoms with Crippen molar-refractivity contribution < 1.29 is 13.2 Å². The first-order valence-electron chi connectivity index (χ1n) is 8.27. The Balaban J connectivity index is 1.69. The molecule has 0 aliphatic carbocycles. The van der Waals surface area contributed by atoms with Crippen molar-refractivity contribution >= 4 is 33.0 Å². The Morgan fingerprint density at radius 3 is 2.07 bits per heavy atom. The number of anilines is 3. The monoisotopic (exact) mass is 381 g/mol. The van der Waals surface area contributed by atoms with Crippen LogP contribution < -0.4 is 10.0 Å². The van der Waals surface area contributed by atoms with Gasteiger partial charge in [0.25, 0.3) is 10.0 Å². The molecular weight excluding hydrogens is 362 g/mol. The van der Waals surface area contributed by atoms with E-state index in [0.29, 0.717) is 17.1 Å². The van der Waals surface area contributed by atoms with E-state index in [-0.39, 0.29) is 10.7 Å². The van der Waals surface area contributed by atoms with Crippen molar-refractivity contribution in [3.05, 3.63) is 78.0 Å². The first-order valence-corrected chi connectivity index (χ1v) is 9.75. The third-order valence-corrected chi connectivity index (χ3v) is 5.31. The highest BCUT2D eigenvalue weighted by atomic mass is 32.2. The quantitative estimate of drug-likeness (QED) is 0.627. The molecule has 0 bridgehead atoms. The number of nitrogens with zero attached hydrogens (tertiary/aromatic N) is 1. The van der Waals surface area contributed by atoms with E-state index >= 15 is 0 Å². The lowest BCUT2D eigenvalue weighted by atomic mass is 10.1. The third kappa shape index (κ3) is 4.71. The molecule has 2 N–H and O–H groups in total. The minimum absolute atomic E-state index is 0.00453. The van der Waals surface area contributed by atoms with Gasteiger partial charge in [-0.1, -0.05) is 17.7 Å². The molecule has 27 heavy (non-hydrogen) atoms. The van der Waals surface area contributed by atoms with E-state index < -0.39 is 10.0 Å². The number of rotatable bonds is 6. The molecule has 3 rings (SSSR count). The summed E-state index contributed by atoms with van der Waals surface area (Å²) in [5.41, 5.74) is 2.77. The smallest absolute Gasteiger partial charge is 0.261 e. The number of hydrogen-bond acceptors (Lipinski definition) is 5. The van der Waals surface area contributed by atoms with E-state index in [1.165, 1.54) is 13.1 Å². The Hall–Kier alpha value is -3.19. The molecule has 1 aromatic heterocycles. The molecule has 0 spiro atoms. The van der Waals surface area contributed by atoms with Crippen LogP contribution in [0.1, 0.15) is 22.8 Å². The van der Waals surface area contributed by atoms with E-state index in [0.717, 1.165) is 11.3 Å². The molecule has 0 unspecified atom stereocenters. The maximum atomic E-state index is 12.4. The number of nitrogens with one attached hydrogen (secondary N) is 2. The molecular formula is C20H19N3O3S. The van der Waals surface area contributed by atoms with Gasteiger partial charge in [0.05, 0.1) is 16.8 Å². The van der Waals surface area contributed by atoms with E-state index in [9.17, 15) is 13.2 Å². The third-order valence-electron chi connectivity index (χ3n) is 3.91. The molecule has 0 aliphatic rings. The van der Waals surface area contributed by atoms with Crippen molar-refractivity contribution in [1.29, 1.82) is 0 Å². The Morgan fingerprint density at radius 1 is 0.889 bits per heavy atom. The standard InChI is InChI=1S/C20H19N3O3S/c1-14-3-10-19(11-4-14)27(25,26)23-18-9-12-20(21-13-18)22-17-7-5-16(6-8-17)15(2)24/h3-13,23H,1-2H3,(H,21,22). The van der Waals surface area contributed by atoms with Crippen LogP contribution in [0.15, 0.2) is 71.8 Å². The summed E-state index contributed by atoms with van der Waals surface area (Å²) in [7, 11) is -3.66. The van der Waals surface area contributed by atoms with Gasteiger partial charge in [-0.05, 0) is 62.4 Å². The summed E-state index contributed by atoms with van der Waals surface area (Å²) in [6.45, 7) is 3.41. The molecule has 0 saturated heterocycles. The molecule has 0 atom stereocenters. The van der Waals surface area contributed by atoms with Gasteiger partial charge in [0, 0.05) is 11.3 Å². The van der Waals surface area contributed by atoms with E-state index in [2.05, 4.69) is 15.0 Å². The van der Waals surface area contributed by atoms with Gasteiger partial charge in [0.15, 0.2) is 5.78 Å². The second-order valence-electron chi connectivity index (χ2n) is 6.11. The van der Waals surface area contributed by atoms with Gasteiger partial charge in [0.2, 0.25) is 0 Å². The van der Waals surface area contributed by atoms with Crippen molar-refractivity contribution in [2.24, 2.45) is 0 Å². The summed E-state index contributed by atoms with van der Waals surface area (Å²) in [6, 6.07) is 16.9. The van der Waals surface area contributed by atoms with Gasteiger partial charge < -0.3 is 5.32 Å². The second kappa shape index (κ2) is 7.59.